The van der Waals surface area contributed by atoms with Crippen molar-refractivity contribution in [3.63, 3.8) is 0 Å². The van der Waals surface area contributed by atoms with Crippen LogP contribution in [0, 0.1) is 18.8 Å². The zero-order valence-electron chi connectivity index (χ0n) is 23.0. The number of nitrogens with zero attached hydrogens (tertiary/aromatic N) is 4. The van der Waals surface area contributed by atoms with E-state index in [1.165, 1.54) is 25.7 Å². The van der Waals surface area contributed by atoms with Gasteiger partial charge in [0.05, 0.1) is 23.9 Å². The van der Waals surface area contributed by atoms with Crippen LogP contribution in [-0.4, -0.2) is 40.3 Å². The van der Waals surface area contributed by atoms with Crippen LogP contribution in [0.3, 0.4) is 0 Å². The number of ether oxygens (including phenoxy) is 1. The number of thiophene rings is 1. The number of pyridine rings is 1. The van der Waals surface area contributed by atoms with Gasteiger partial charge in [0.2, 0.25) is 5.95 Å². The van der Waals surface area contributed by atoms with Crippen LogP contribution in [0.25, 0.3) is 10.2 Å². The zero-order chi connectivity index (χ0) is 27.1. The fourth-order valence-electron chi connectivity index (χ4n) is 5.52. The third kappa shape index (κ3) is 5.51. The Bertz CT molecular complexity index is 1480. The molecule has 0 unspecified atom stereocenters. The van der Waals surface area contributed by atoms with E-state index in [1.54, 1.807) is 32.3 Å². The van der Waals surface area contributed by atoms with Crippen molar-refractivity contribution in [2.75, 3.05) is 35.7 Å². The molecule has 4 aromatic rings. The van der Waals surface area contributed by atoms with Crippen LogP contribution in [-0.2, 0) is 5.60 Å². The van der Waals surface area contributed by atoms with Crippen molar-refractivity contribution < 1.29 is 9.84 Å². The van der Waals surface area contributed by atoms with E-state index in [2.05, 4.69) is 45.0 Å². The van der Waals surface area contributed by atoms with Gasteiger partial charge in [0, 0.05) is 24.8 Å². The Morgan fingerprint density at radius 3 is 2.49 bits per heavy atom. The lowest BCUT2D eigenvalue weighted by Crippen LogP contribution is -2.34. The van der Waals surface area contributed by atoms with E-state index in [-0.39, 0.29) is 0 Å². The molecule has 1 saturated heterocycles. The summed E-state index contributed by atoms with van der Waals surface area (Å²) >= 11 is 1.58. The summed E-state index contributed by atoms with van der Waals surface area (Å²) in [4.78, 5) is 17.6. The Hall–Kier alpha value is -3.43. The van der Waals surface area contributed by atoms with Crippen LogP contribution in [0.4, 0.5) is 29.0 Å². The molecule has 6 rings (SSSR count). The van der Waals surface area contributed by atoms with Gasteiger partial charge in [-0.15, -0.1) is 11.3 Å². The van der Waals surface area contributed by atoms with E-state index < -0.39 is 5.60 Å². The lowest BCUT2D eigenvalue weighted by Gasteiger charge is -2.34. The van der Waals surface area contributed by atoms with Gasteiger partial charge in [0.1, 0.15) is 27.8 Å². The summed E-state index contributed by atoms with van der Waals surface area (Å²) in [5, 5.41) is 20.2. The van der Waals surface area contributed by atoms with Gasteiger partial charge >= 0.3 is 0 Å². The number of aryl methyl sites for hydroxylation is 1. The number of nitrogens with one attached hydrogen (secondary N) is 2. The number of aliphatic hydroxyl groups is 1. The number of hydrogen-bond donors (Lipinski definition) is 3. The first-order chi connectivity index (χ1) is 18.8. The van der Waals surface area contributed by atoms with Crippen LogP contribution in [0.5, 0.6) is 5.75 Å². The number of piperidine rings is 1. The highest BCUT2D eigenvalue weighted by molar-refractivity contribution is 7.17. The third-order valence-electron chi connectivity index (χ3n) is 7.84. The maximum atomic E-state index is 10.4. The molecular formula is C30H36N6O2S. The van der Waals surface area contributed by atoms with E-state index in [0.717, 1.165) is 57.8 Å². The fraction of sp³-hybridized carbons (Fsp3) is 0.433. The van der Waals surface area contributed by atoms with E-state index >= 15 is 0 Å². The first kappa shape index (κ1) is 25.8. The summed E-state index contributed by atoms with van der Waals surface area (Å²) in [5.41, 5.74) is 2.65. The van der Waals surface area contributed by atoms with Crippen LogP contribution >= 0.6 is 11.3 Å². The summed E-state index contributed by atoms with van der Waals surface area (Å²) in [7, 11) is 1.73. The second-order valence-corrected chi connectivity index (χ2v) is 12.1. The minimum absolute atomic E-state index is 0.491. The highest BCUT2D eigenvalue weighted by Gasteiger charge is 2.33. The van der Waals surface area contributed by atoms with E-state index in [9.17, 15) is 5.11 Å². The van der Waals surface area contributed by atoms with Gasteiger partial charge in [-0.1, -0.05) is 6.07 Å². The van der Waals surface area contributed by atoms with E-state index in [4.69, 9.17) is 14.7 Å². The fourth-order valence-corrected chi connectivity index (χ4v) is 6.44. The maximum Gasteiger partial charge on any atom is 0.230 e. The molecule has 2 aliphatic rings. The molecule has 0 radical (unpaired) electrons. The monoisotopic (exact) mass is 544 g/mol. The molecule has 9 heteroatoms. The van der Waals surface area contributed by atoms with E-state index in [1.807, 2.05) is 24.3 Å². The van der Waals surface area contributed by atoms with Crippen LogP contribution < -0.4 is 20.3 Å². The molecule has 0 amide bonds. The maximum absolute atomic E-state index is 10.4. The quantitative estimate of drug-likeness (QED) is 0.224. The standard InChI is InChI=1S/C30H36N6O2S/c1-18-17-39-28-26(18)27(33-25-7-5-6-24(32-25)30(2,3)37)34-29(35-28)31-21-10-11-22(23(16-21)38-4)36-14-12-20(13-15-36)19-8-9-19/h5-7,10-11,16-17,19-20,37H,8-9,12-15H2,1-4H3,(H2,31,32,33,34,35). The Kier molecular flexibility index (Phi) is 6.81. The Labute approximate surface area is 233 Å². The second kappa shape index (κ2) is 10.3. The molecule has 2 fully saturated rings. The van der Waals surface area contributed by atoms with Gasteiger partial charge in [0.25, 0.3) is 0 Å². The molecule has 0 spiro atoms. The lowest BCUT2D eigenvalue weighted by atomic mass is 9.92. The molecule has 39 heavy (non-hydrogen) atoms. The third-order valence-corrected chi connectivity index (χ3v) is 8.83. The Balaban J connectivity index is 1.25. The summed E-state index contributed by atoms with van der Waals surface area (Å²) in [5.74, 6) is 4.50. The average molecular weight is 545 g/mol. The molecule has 0 atom stereocenters. The number of fused-ring (bicyclic) bond motifs is 1. The van der Waals surface area contributed by atoms with Crippen LogP contribution in [0.2, 0.25) is 0 Å². The smallest absolute Gasteiger partial charge is 0.230 e. The van der Waals surface area contributed by atoms with Crippen LogP contribution in [0.1, 0.15) is 50.8 Å². The van der Waals surface area contributed by atoms with Gasteiger partial charge in [-0.25, -0.2) is 9.97 Å². The lowest BCUT2D eigenvalue weighted by molar-refractivity contribution is 0.0740. The van der Waals surface area contributed by atoms with Crippen molar-refractivity contribution in [2.24, 2.45) is 11.8 Å². The molecule has 8 nitrogen and oxygen atoms in total. The number of methoxy groups -OCH3 is 1. The number of aromatic nitrogens is 3. The van der Waals surface area contributed by atoms with Crippen molar-refractivity contribution in [3.8, 4) is 5.75 Å². The van der Waals surface area contributed by atoms with Gasteiger partial charge in [-0.2, -0.15) is 4.98 Å². The summed E-state index contributed by atoms with van der Waals surface area (Å²) in [6.45, 7) is 7.67. The van der Waals surface area contributed by atoms with Crippen molar-refractivity contribution in [1.82, 2.24) is 15.0 Å². The molecular weight excluding hydrogens is 508 g/mol. The highest BCUT2D eigenvalue weighted by Crippen LogP contribution is 2.43. The predicted molar refractivity (Wildman–Crippen MR) is 159 cm³/mol. The first-order valence-electron chi connectivity index (χ1n) is 13.7. The first-order valence-corrected chi connectivity index (χ1v) is 14.6. The highest BCUT2D eigenvalue weighted by atomic mass is 32.1. The number of hydrogen-bond acceptors (Lipinski definition) is 9. The van der Waals surface area contributed by atoms with Gasteiger partial charge in [-0.05, 0) is 93.5 Å². The molecule has 3 N–H and O–H groups in total. The zero-order valence-corrected chi connectivity index (χ0v) is 23.8. The number of benzene rings is 1. The van der Waals surface area contributed by atoms with Gasteiger partial charge in [0.15, 0.2) is 0 Å². The molecule has 1 aromatic carbocycles. The number of rotatable bonds is 8. The topological polar surface area (TPSA) is 95.4 Å². The van der Waals surface area contributed by atoms with E-state index in [0.29, 0.717) is 23.3 Å². The van der Waals surface area contributed by atoms with Crippen molar-refractivity contribution in [1.29, 1.82) is 0 Å². The molecule has 1 aliphatic heterocycles. The van der Waals surface area contributed by atoms with Crippen LogP contribution in [0.15, 0.2) is 41.8 Å². The SMILES string of the molecule is COc1cc(Nc2nc(Nc3cccc(C(C)(C)O)n3)c3c(C)csc3n2)ccc1N1CCC(C2CC2)CC1. The van der Waals surface area contributed by atoms with Gasteiger partial charge in [-0.3, -0.25) is 0 Å². The Morgan fingerprint density at radius 1 is 1.00 bits per heavy atom. The summed E-state index contributed by atoms with van der Waals surface area (Å²) in [6, 6.07) is 11.8. The minimum atomic E-state index is -1.04. The normalized spacial score (nSPS) is 16.5. The molecule has 204 valence electrons. The summed E-state index contributed by atoms with van der Waals surface area (Å²) in [6.07, 6.45) is 5.39. The molecule has 0 bridgehead atoms. The molecule has 1 aliphatic carbocycles. The van der Waals surface area contributed by atoms with Crippen molar-refractivity contribution in [3.05, 3.63) is 53.0 Å². The van der Waals surface area contributed by atoms with Crippen molar-refractivity contribution in [2.45, 2.75) is 52.1 Å². The summed E-state index contributed by atoms with van der Waals surface area (Å²) < 4.78 is 5.82. The number of anilines is 5. The molecule has 1 saturated carbocycles. The molecule has 3 aromatic heterocycles. The average Bonchev–Trinajstić information content (AvgIpc) is 3.71. The van der Waals surface area contributed by atoms with Crippen molar-refractivity contribution >= 4 is 50.5 Å². The van der Waals surface area contributed by atoms with Gasteiger partial charge < -0.3 is 25.4 Å². The minimum Gasteiger partial charge on any atom is -0.495 e. The second-order valence-electron chi connectivity index (χ2n) is 11.3. The Morgan fingerprint density at radius 2 is 1.77 bits per heavy atom. The predicted octanol–water partition coefficient (Wildman–Crippen LogP) is 6.74. The largest absolute Gasteiger partial charge is 0.495 e. The molecule has 4 heterocycles.